The van der Waals surface area contributed by atoms with Crippen LogP contribution in [0.4, 0.5) is 5.13 Å². The molecule has 0 bridgehead atoms. The molecule has 3 aromatic rings. The van der Waals surface area contributed by atoms with E-state index in [1.807, 2.05) is 24.3 Å². The summed E-state index contributed by atoms with van der Waals surface area (Å²) in [5, 5.41) is 19.4. The van der Waals surface area contributed by atoms with E-state index in [9.17, 15) is 4.79 Å². The van der Waals surface area contributed by atoms with Gasteiger partial charge in [0.25, 0.3) is 0 Å². The van der Waals surface area contributed by atoms with Gasteiger partial charge in [0.15, 0.2) is 10.6 Å². The van der Waals surface area contributed by atoms with Gasteiger partial charge in [0.05, 0.1) is 7.11 Å². The third-order valence-electron chi connectivity index (χ3n) is 4.02. The fraction of sp³-hybridized carbons (Fsp3) is 0.312. The molecule has 134 valence electrons. The number of anilines is 1. The van der Waals surface area contributed by atoms with Crippen molar-refractivity contribution in [1.82, 2.24) is 25.0 Å². The topological polar surface area (TPSA) is 97.7 Å². The van der Waals surface area contributed by atoms with E-state index in [2.05, 4.69) is 25.7 Å². The molecule has 8 nitrogen and oxygen atoms in total. The van der Waals surface area contributed by atoms with Gasteiger partial charge in [0.2, 0.25) is 11.0 Å². The summed E-state index contributed by atoms with van der Waals surface area (Å²) in [4.78, 5) is 12.4. The fourth-order valence-electron chi connectivity index (χ4n) is 2.51. The van der Waals surface area contributed by atoms with Crippen LogP contribution < -0.4 is 10.1 Å². The molecule has 1 fully saturated rings. The Morgan fingerprint density at radius 1 is 1.38 bits per heavy atom. The van der Waals surface area contributed by atoms with Gasteiger partial charge >= 0.3 is 0 Å². The molecule has 2 heterocycles. The quantitative estimate of drug-likeness (QED) is 0.630. The van der Waals surface area contributed by atoms with Gasteiger partial charge in [0.1, 0.15) is 17.3 Å². The van der Waals surface area contributed by atoms with E-state index in [1.165, 1.54) is 11.3 Å². The molecule has 0 unspecified atom stereocenters. The molecule has 0 spiro atoms. The van der Waals surface area contributed by atoms with Crippen molar-refractivity contribution in [3.63, 3.8) is 0 Å². The van der Waals surface area contributed by atoms with Crippen molar-refractivity contribution in [3.05, 3.63) is 34.0 Å². The summed E-state index contributed by atoms with van der Waals surface area (Å²) in [6.45, 7) is 0.0367. The second kappa shape index (κ2) is 6.96. The molecule has 0 radical (unpaired) electrons. The lowest BCUT2D eigenvalue weighted by Gasteiger charge is -2.07. The molecule has 0 atom stereocenters. The number of nitrogens with zero attached hydrogens (tertiary/aromatic N) is 4. The molecular formula is C16H16N6O2S2. The number of hydrogen-bond acceptors (Lipinski definition) is 7. The van der Waals surface area contributed by atoms with E-state index < -0.39 is 0 Å². The summed E-state index contributed by atoms with van der Waals surface area (Å²) in [6.07, 6.45) is 2.30. The Balaban J connectivity index is 1.50. The Kier molecular flexibility index (Phi) is 4.51. The molecule has 1 amide bonds. The smallest absolute Gasteiger partial charge is 0.246 e. The number of ether oxygens (including phenoxy) is 1. The van der Waals surface area contributed by atoms with Gasteiger partial charge in [-0.25, -0.2) is 0 Å². The van der Waals surface area contributed by atoms with Gasteiger partial charge in [0, 0.05) is 11.5 Å². The van der Waals surface area contributed by atoms with Crippen LogP contribution in [-0.4, -0.2) is 38.0 Å². The summed E-state index contributed by atoms with van der Waals surface area (Å²) in [6, 6.07) is 7.39. The zero-order valence-electron chi connectivity index (χ0n) is 13.9. The van der Waals surface area contributed by atoms with Crippen molar-refractivity contribution in [1.29, 1.82) is 0 Å². The standard InChI is InChI=1S/C16H16N6O2S2/c1-24-11-6-4-9(5-7-11)13-18-21-16(25)22(13)8-12(23)17-15-20-19-14(26-15)10-2-3-10/h4-7,10H,2-3,8H2,1H3,(H,21,25)(H,17,20,23). The van der Waals surface area contributed by atoms with Crippen molar-refractivity contribution in [3.8, 4) is 17.1 Å². The first-order valence-corrected chi connectivity index (χ1v) is 9.29. The van der Waals surface area contributed by atoms with E-state index in [-0.39, 0.29) is 12.5 Å². The maximum absolute atomic E-state index is 12.4. The second-order valence-corrected chi connectivity index (χ2v) is 7.33. The number of aromatic nitrogens is 5. The molecule has 0 aliphatic heterocycles. The number of rotatable bonds is 6. The van der Waals surface area contributed by atoms with Crippen LogP contribution in [0.2, 0.25) is 0 Å². The molecule has 26 heavy (non-hydrogen) atoms. The van der Waals surface area contributed by atoms with Crippen LogP contribution in [0.15, 0.2) is 24.3 Å². The minimum atomic E-state index is -0.226. The molecule has 2 aromatic heterocycles. The zero-order valence-corrected chi connectivity index (χ0v) is 15.6. The normalized spacial score (nSPS) is 13.6. The van der Waals surface area contributed by atoms with Crippen LogP contribution in [0.3, 0.4) is 0 Å². The largest absolute Gasteiger partial charge is 0.497 e. The maximum atomic E-state index is 12.4. The summed E-state index contributed by atoms with van der Waals surface area (Å²) in [5.41, 5.74) is 0.831. The Hall–Kier alpha value is -2.59. The van der Waals surface area contributed by atoms with Gasteiger partial charge in [-0.3, -0.25) is 19.8 Å². The number of benzene rings is 1. The highest BCUT2D eigenvalue weighted by Crippen LogP contribution is 2.42. The van der Waals surface area contributed by atoms with Crippen LogP contribution in [-0.2, 0) is 11.3 Å². The number of carbonyl (C=O) groups excluding carboxylic acids is 1. The van der Waals surface area contributed by atoms with E-state index in [1.54, 1.807) is 11.7 Å². The lowest BCUT2D eigenvalue weighted by Crippen LogP contribution is -2.19. The number of nitrogens with one attached hydrogen (secondary N) is 2. The zero-order chi connectivity index (χ0) is 18.1. The Bertz CT molecular complexity index is 987. The van der Waals surface area contributed by atoms with Gasteiger partial charge in [-0.05, 0) is 49.3 Å². The Labute approximate surface area is 158 Å². The minimum Gasteiger partial charge on any atom is -0.497 e. The van der Waals surface area contributed by atoms with E-state index in [4.69, 9.17) is 17.0 Å². The first kappa shape index (κ1) is 16.9. The molecule has 1 aliphatic rings. The number of methoxy groups -OCH3 is 1. The SMILES string of the molecule is COc1ccc(-c2n[nH]c(=S)n2CC(=O)Nc2nnc(C3CC3)s2)cc1. The highest BCUT2D eigenvalue weighted by molar-refractivity contribution is 7.71. The maximum Gasteiger partial charge on any atom is 0.246 e. The van der Waals surface area contributed by atoms with Crippen LogP contribution in [0.25, 0.3) is 11.4 Å². The summed E-state index contributed by atoms with van der Waals surface area (Å²) in [7, 11) is 1.61. The molecule has 4 rings (SSSR count). The average Bonchev–Trinajstić information content (AvgIpc) is 3.30. The van der Waals surface area contributed by atoms with Crippen LogP contribution in [0, 0.1) is 4.77 Å². The van der Waals surface area contributed by atoms with Gasteiger partial charge in [-0.1, -0.05) is 11.3 Å². The number of amides is 1. The molecule has 2 N–H and O–H groups in total. The third-order valence-corrected chi connectivity index (χ3v) is 5.33. The third kappa shape index (κ3) is 3.51. The Morgan fingerprint density at radius 2 is 2.15 bits per heavy atom. The predicted molar refractivity (Wildman–Crippen MR) is 99.9 cm³/mol. The van der Waals surface area contributed by atoms with Crippen LogP contribution >= 0.6 is 23.6 Å². The Morgan fingerprint density at radius 3 is 2.85 bits per heavy atom. The van der Waals surface area contributed by atoms with Crippen molar-refractivity contribution < 1.29 is 9.53 Å². The fourth-order valence-corrected chi connectivity index (χ4v) is 3.63. The number of hydrogen-bond donors (Lipinski definition) is 2. The first-order chi connectivity index (χ1) is 12.6. The molecule has 1 aromatic carbocycles. The highest BCUT2D eigenvalue weighted by atomic mass is 32.1. The predicted octanol–water partition coefficient (Wildman–Crippen LogP) is 2.98. The highest BCUT2D eigenvalue weighted by Gasteiger charge is 2.27. The molecule has 10 heteroatoms. The summed E-state index contributed by atoms with van der Waals surface area (Å²) < 4.78 is 7.19. The van der Waals surface area contributed by atoms with Crippen molar-refractivity contribution in [2.75, 3.05) is 12.4 Å². The minimum absolute atomic E-state index is 0.0367. The van der Waals surface area contributed by atoms with Crippen molar-refractivity contribution in [2.24, 2.45) is 0 Å². The molecular weight excluding hydrogens is 372 g/mol. The monoisotopic (exact) mass is 388 g/mol. The van der Waals surface area contributed by atoms with Crippen molar-refractivity contribution in [2.45, 2.75) is 25.3 Å². The first-order valence-electron chi connectivity index (χ1n) is 8.07. The van der Waals surface area contributed by atoms with Crippen LogP contribution in [0.1, 0.15) is 23.8 Å². The van der Waals surface area contributed by atoms with Gasteiger partial charge in [-0.2, -0.15) is 5.10 Å². The van der Waals surface area contributed by atoms with Crippen molar-refractivity contribution >= 4 is 34.6 Å². The summed E-state index contributed by atoms with van der Waals surface area (Å²) in [5.74, 6) is 1.62. The number of carbonyl (C=O) groups is 1. The lowest BCUT2D eigenvalue weighted by molar-refractivity contribution is -0.116. The second-order valence-electron chi connectivity index (χ2n) is 5.93. The van der Waals surface area contributed by atoms with Gasteiger partial charge < -0.3 is 4.74 Å². The van der Waals surface area contributed by atoms with E-state index in [0.717, 1.165) is 29.2 Å². The lowest BCUT2D eigenvalue weighted by atomic mass is 10.2. The number of aromatic amines is 1. The molecule has 0 saturated heterocycles. The van der Waals surface area contributed by atoms with E-state index in [0.29, 0.717) is 21.6 Å². The number of H-pyrrole nitrogens is 1. The molecule has 1 saturated carbocycles. The average molecular weight is 388 g/mol. The summed E-state index contributed by atoms with van der Waals surface area (Å²) >= 11 is 6.69. The molecule has 1 aliphatic carbocycles. The van der Waals surface area contributed by atoms with E-state index >= 15 is 0 Å². The van der Waals surface area contributed by atoms with Crippen LogP contribution in [0.5, 0.6) is 5.75 Å². The van der Waals surface area contributed by atoms with Gasteiger partial charge in [-0.15, -0.1) is 10.2 Å².